The van der Waals surface area contributed by atoms with E-state index >= 15 is 0 Å². The molecule has 0 radical (unpaired) electrons. The van der Waals surface area contributed by atoms with Crippen LogP contribution in [0, 0.1) is 18.8 Å². The maximum Gasteiger partial charge on any atom is 0.122 e. The van der Waals surface area contributed by atoms with Crippen molar-refractivity contribution in [2.75, 3.05) is 13.2 Å². The molecular formula is C15H22O2. The molecule has 0 aliphatic heterocycles. The monoisotopic (exact) mass is 234 g/mol. The lowest BCUT2D eigenvalue weighted by Gasteiger charge is -2.21. The van der Waals surface area contributed by atoms with Crippen LogP contribution in [0.3, 0.4) is 0 Å². The second-order valence-electron chi connectivity index (χ2n) is 5.06. The van der Waals surface area contributed by atoms with Gasteiger partial charge in [-0.25, -0.2) is 0 Å². The van der Waals surface area contributed by atoms with Crippen LogP contribution in [0.25, 0.3) is 0 Å². The molecule has 0 spiro atoms. The van der Waals surface area contributed by atoms with Crippen molar-refractivity contribution in [1.82, 2.24) is 0 Å². The first-order valence-corrected chi connectivity index (χ1v) is 6.60. The van der Waals surface area contributed by atoms with Gasteiger partial charge in [-0.3, -0.25) is 0 Å². The smallest absolute Gasteiger partial charge is 0.122 e. The van der Waals surface area contributed by atoms with E-state index in [1.54, 1.807) is 0 Å². The van der Waals surface area contributed by atoms with Gasteiger partial charge in [0, 0.05) is 12.5 Å². The van der Waals surface area contributed by atoms with Crippen molar-refractivity contribution >= 4 is 0 Å². The number of aliphatic hydroxyl groups is 1. The molecule has 1 fully saturated rings. The van der Waals surface area contributed by atoms with E-state index in [9.17, 15) is 5.11 Å². The Hall–Kier alpha value is -1.02. The largest absolute Gasteiger partial charge is 0.493 e. The van der Waals surface area contributed by atoms with E-state index < -0.39 is 0 Å². The van der Waals surface area contributed by atoms with Crippen molar-refractivity contribution in [3.8, 4) is 5.75 Å². The lowest BCUT2D eigenvalue weighted by Crippen LogP contribution is -2.23. The minimum Gasteiger partial charge on any atom is -0.493 e. The van der Waals surface area contributed by atoms with Gasteiger partial charge in [0.1, 0.15) is 5.75 Å². The van der Waals surface area contributed by atoms with E-state index in [2.05, 4.69) is 13.0 Å². The van der Waals surface area contributed by atoms with Gasteiger partial charge in [0.25, 0.3) is 0 Å². The average molecular weight is 234 g/mol. The van der Waals surface area contributed by atoms with Crippen LogP contribution < -0.4 is 4.74 Å². The molecule has 1 atom stereocenters. The van der Waals surface area contributed by atoms with Gasteiger partial charge in [0.2, 0.25) is 0 Å². The number of ether oxygens (including phenoxy) is 1. The first kappa shape index (κ1) is 12.4. The fourth-order valence-electron chi connectivity index (χ4n) is 2.68. The lowest BCUT2D eigenvalue weighted by atomic mass is 9.92. The third-order valence-corrected chi connectivity index (χ3v) is 3.85. The molecule has 0 amide bonds. The van der Waals surface area contributed by atoms with Gasteiger partial charge >= 0.3 is 0 Å². The summed E-state index contributed by atoms with van der Waals surface area (Å²) in [6.45, 7) is 2.95. The Bertz CT molecular complexity index is 343. The van der Waals surface area contributed by atoms with Crippen molar-refractivity contribution in [2.45, 2.75) is 32.6 Å². The average Bonchev–Trinajstić information content (AvgIpc) is 2.86. The van der Waals surface area contributed by atoms with Gasteiger partial charge in [-0.2, -0.15) is 0 Å². The molecular weight excluding hydrogens is 212 g/mol. The number of hydrogen-bond acceptors (Lipinski definition) is 2. The molecule has 1 aliphatic rings. The highest BCUT2D eigenvalue weighted by Gasteiger charge is 2.25. The molecule has 0 heterocycles. The number of benzene rings is 1. The van der Waals surface area contributed by atoms with Crippen LogP contribution in [0.5, 0.6) is 5.75 Å². The van der Waals surface area contributed by atoms with Crippen LogP contribution in [0.1, 0.15) is 31.2 Å². The minimum atomic E-state index is 0.247. The van der Waals surface area contributed by atoms with Crippen molar-refractivity contribution < 1.29 is 9.84 Å². The molecule has 0 bridgehead atoms. The summed E-state index contributed by atoms with van der Waals surface area (Å²) in [7, 11) is 0. The van der Waals surface area contributed by atoms with Crippen LogP contribution in [0.4, 0.5) is 0 Å². The Morgan fingerprint density at radius 3 is 2.65 bits per heavy atom. The normalized spacial score (nSPS) is 18.2. The molecule has 1 unspecified atom stereocenters. The molecule has 1 N–H and O–H groups in total. The number of aryl methyl sites for hydroxylation is 1. The summed E-state index contributed by atoms with van der Waals surface area (Å²) < 4.78 is 5.84. The Kier molecular flexibility index (Phi) is 4.43. The van der Waals surface area contributed by atoms with Crippen molar-refractivity contribution in [3.63, 3.8) is 0 Å². The van der Waals surface area contributed by atoms with Gasteiger partial charge in [-0.05, 0) is 37.3 Å². The summed E-state index contributed by atoms with van der Waals surface area (Å²) in [5.74, 6) is 1.91. The quantitative estimate of drug-likeness (QED) is 0.848. The zero-order valence-corrected chi connectivity index (χ0v) is 10.6. The van der Waals surface area contributed by atoms with Crippen molar-refractivity contribution in [3.05, 3.63) is 29.8 Å². The second-order valence-corrected chi connectivity index (χ2v) is 5.06. The zero-order valence-electron chi connectivity index (χ0n) is 10.6. The highest BCUT2D eigenvalue weighted by Crippen LogP contribution is 2.31. The van der Waals surface area contributed by atoms with Crippen LogP contribution in [-0.2, 0) is 0 Å². The highest BCUT2D eigenvalue weighted by molar-refractivity contribution is 5.31. The van der Waals surface area contributed by atoms with Gasteiger partial charge in [0.05, 0.1) is 6.61 Å². The standard InChI is InChI=1S/C15H22O2/c1-12-6-2-5-9-15(12)17-11-14(10-16)13-7-3-4-8-13/h2,5-6,9,13-14,16H,3-4,7-8,10-11H2,1H3. The van der Waals surface area contributed by atoms with E-state index in [1.807, 2.05) is 18.2 Å². The molecule has 2 heteroatoms. The first-order valence-electron chi connectivity index (χ1n) is 6.60. The lowest BCUT2D eigenvalue weighted by molar-refractivity contribution is 0.119. The Labute approximate surface area is 104 Å². The Balaban J connectivity index is 1.89. The second kappa shape index (κ2) is 6.06. The van der Waals surface area contributed by atoms with E-state index in [1.165, 1.54) is 25.7 Å². The maximum absolute atomic E-state index is 9.45. The van der Waals surface area contributed by atoms with Crippen molar-refractivity contribution in [1.29, 1.82) is 0 Å². The van der Waals surface area contributed by atoms with Gasteiger partial charge in [-0.1, -0.05) is 31.0 Å². The zero-order chi connectivity index (χ0) is 12.1. The molecule has 0 aromatic heterocycles. The SMILES string of the molecule is Cc1ccccc1OCC(CO)C1CCCC1. The molecule has 2 rings (SSSR count). The molecule has 1 aromatic rings. The fraction of sp³-hybridized carbons (Fsp3) is 0.600. The molecule has 94 valence electrons. The predicted octanol–water partition coefficient (Wildman–Crippen LogP) is 3.17. The van der Waals surface area contributed by atoms with Crippen LogP contribution in [0.2, 0.25) is 0 Å². The summed E-state index contributed by atoms with van der Waals surface area (Å²) in [5.41, 5.74) is 1.16. The van der Waals surface area contributed by atoms with Crippen LogP contribution in [0.15, 0.2) is 24.3 Å². The predicted molar refractivity (Wildman–Crippen MR) is 69.2 cm³/mol. The highest BCUT2D eigenvalue weighted by atomic mass is 16.5. The molecule has 1 aromatic carbocycles. The number of hydrogen-bond donors (Lipinski definition) is 1. The minimum absolute atomic E-state index is 0.247. The van der Waals surface area contributed by atoms with E-state index in [0.29, 0.717) is 18.4 Å². The number of para-hydroxylation sites is 1. The number of aliphatic hydroxyl groups excluding tert-OH is 1. The summed E-state index contributed by atoms with van der Waals surface area (Å²) in [4.78, 5) is 0. The molecule has 17 heavy (non-hydrogen) atoms. The maximum atomic E-state index is 9.45. The Morgan fingerprint density at radius 2 is 2.00 bits per heavy atom. The van der Waals surface area contributed by atoms with Gasteiger partial charge in [0.15, 0.2) is 0 Å². The summed E-state index contributed by atoms with van der Waals surface area (Å²) in [6.07, 6.45) is 5.13. The van der Waals surface area contributed by atoms with Gasteiger partial charge in [-0.15, -0.1) is 0 Å². The number of rotatable bonds is 5. The summed E-state index contributed by atoms with van der Waals surface area (Å²) in [5, 5.41) is 9.45. The fourth-order valence-corrected chi connectivity index (χ4v) is 2.68. The van der Waals surface area contributed by atoms with E-state index in [4.69, 9.17) is 4.74 Å². The van der Waals surface area contributed by atoms with Crippen molar-refractivity contribution in [2.24, 2.45) is 11.8 Å². The summed E-state index contributed by atoms with van der Waals surface area (Å²) >= 11 is 0. The first-order chi connectivity index (χ1) is 8.31. The third-order valence-electron chi connectivity index (χ3n) is 3.85. The topological polar surface area (TPSA) is 29.5 Å². The molecule has 1 aliphatic carbocycles. The molecule has 0 saturated heterocycles. The van der Waals surface area contributed by atoms with E-state index in [0.717, 1.165) is 11.3 Å². The molecule has 1 saturated carbocycles. The van der Waals surface area contributed by atoms with Crippen LogP contribution >= 0.6 is 0 Å². The third kappa shape index (κ3) is 3.22. The van der Waals surface area contributed by atoms with Crippen LogP contribution in [-0.4, -0.2) is 18.3 Å². The summed E-state index contributed by atoms with van der Waals surface area (Å²) in [6, 6.07) is 8.06. The van der Waals surface area contributed by atoms with E-state index in [-0.39, 0.29) is 6.61 Å². The molecule has 2 nitrogen and oxygen atoms in total. The Morgan fingerprint density at radius 1 is 1.29 bits per heavy atom. The van der Waals surface area contributed by atoms with Gasteiger partial charge < -0.3 is 9.84 Å².